The molecule has 1 atom stereocenters. The molecule has 0 spiro atoms. The number of rotatable bonds is 4. The zero-order valence-electron chi connectivity index (χ0n) is 11.3. The van der Waals surface area contributed by atoms with Crippen molar-refractivity contribution in [1.82, 2.24) is 14.8 Å². The average molecular weight is 264 g/mol. The molecule has 6 nitrogen and oxygen atoms in total. The maximum atomic E-state index is 10.9. The van der Waals surface area contributed by atoms with Crippen LogP contribution in [0, 0.1) is 0 Å². The van der Waals surface area contributed by atoms with E-state index in [0.29, 0.717) is 11.9 Å². The summed E-state index contributed by atoms with van der Waals surface area (Å²) in [7, 11) is 4.23. The molecule has 1 saturated heterocycles. The fourth-order valence-corrected chi connectivity index (χ4v) is 2.20. The summed E-state index contributed by atoms with van der Waals surface area (Å²) in [5, 5.41) is 12.2. The van der Waals surface area contributed by atoms with E-state index in [0.717, 1.165) is 26.2 Å². The molecule has 1 fully saturated rings. The highest BCUT2D eigenvalue weighted by Gasteiger charge is 2.21. The van der Waals surface area contributed by atoms with E-state index < -0.39 is 5.97 Å². The number of aromatic carboxylic acids is 1. The molecule has 0 aromatic carbocycles. The van der Waals surface area contributed by atoms with Crippen molar-refractivity contribution < 1.29 is 9.90 Å². The number of anilines is 1. The highest BCUT2D eigenvalue weighted by Crippen LogP contribution is 2.10. The minimum atomic E-state index is -0.931. The lowest BCUT2D eigenvalue weighted by Gasteiger charge is -2.37. The van der Waals surface area contributed by atoms with Crippen LogP contribution in [0.4, 0.5) is 5.82 Å². The third-order valence-corrected chi connectivity index (χ3v) is 3.51. The van der Waals surface area contributed by atoms with Crippen molar-refractivity contribution in [2.24, 2.45) is 0 Å². The van der Waals surface area contributed by atoms with Crippen LogP contribution in [-0.2, 0) is 0 Å². The minimum Gasteiger partial charge on any atom is -0.478 e. The summed E-state index contributed by atoms with van der Waals surface area (Å²) in [5.41, 5.74) is 0.256. The van der Waals surface area contributed by atoms with Crippen LogP contribution in [0.2, 0.25) is 0 Å². The lowest BCUT2D eigenvalue weighted by atomic mass is 10.2. The number of hydrogen-bond donors (Lipinski definition) is 2. The summed E-state index contributed by atoms with van der Waals surface area (Å²) >= 11 is 0. The first kappa shape index (κ1) is 13.8. The molecular weight excluding hydrogens is 244 g/mol. The van der Waals surface area contributed by atoms with E-state index in [2.05, 4.69) is 34.2 Å². The Hall–Kier alpha value is -1.66. The second kappa shape index (κ2) is 5.99. The first-order chi connectivity index (χ1) is 9.06. The summed E-state index contributed by atoms with van der Waals surface area (Å²) in [6.45, 7) is 3.89. The van der Waals surface area contributed by atoms with Gasteiger partial charge in [-0.25, -0.2) is 9.78 Å². The van der Waals surface area contributed by atoms with Gasteiger partial charge in [-0.05, 0) is 26.2 Å². The van der Waals surface area contributed by atoms with Gasteiger partial charge < -0.3 is 15.3 Å². The Morgan fingerprint density at radius 1 is 1.53 bits per heavy atom. The number of pyridine rings is 1. The summed E-state index contributed by atoms with van der Waals surface area (Å²) in [4.78, 5) is 19.6. The van der Waals surface area contributed by atoms with Gasteiger partial charge in [0, 0.05) is 38.4 Å². The molecule has 2 heterocycles. The summed E-state index contributed by atoms with van der Waals surface area (Å²) < 4.78 is 0. The number of piperazine rings is 1. The summed E-state index contributed by atoms with van der Waals surface area (Å²) in [5.74, 6) is -0.318. The van der Waals surface area contributed by atoms with E-state index in [-0.39, 0.29) is 5.56 Å². The monoisotopic (exact) mass is 264 g/mol. The molecule has 0 saturated carbocycles. The van der Waals surface area contributed by atoms with E-state index in [9.17, 15) is 4.79 Å². The van der Waals surface area contributed by atoms with Crippen LogP contribution in [0.25, 0.3) is 0 Å². The molecule has 104 valence electrons. The molecule has 0 amide bonds. The number of nitrogens with zero attached hydrogens (tertiary/aromatic N) is 3. The minimum absolute atomic E-state index is 0.256. The zero-order valence-corrected chi connectivity index (χ0v) is 11.3. The van der Waals surface area contributed by atoms with Crippen molar-refractivity contribution in [2.75, 3.05) is 45.6 Å². The Morgan fingerprint density at radius 3 is 3.05 bits per heavy atom. The predicted molar refractivity (Wildman–Crippen MR) is 73.6 cm³/mol. The van der Waals surface area contributed by atoms with Crippen molar-refractivity contribution in [3.63, 3.8) is 0 Å². The molecular formula is C13H20N4O2. The van der Waals surface area contributed by atoms with Crippen LogP contribution < -0.4 is 5.32 Å². The zero-order chi connectivity index (χ0) is 13.8. The molecule has 1 aromatic rings. The Bertz CT molecular complexity index is 452. The molecule has 0 radical (unpaired) electrons. The lowest BCUT2D eigenvalue weighted by molar-refractivity contribution is 0.0697. The van der Waals surface area contributed by atoms with Gasteiger partial charge in [-0.3, -0.25) is 4.90 Å². The number of hydrogen-bond acceptors (Lipinski definition) is 5. The first-order valence-electron chi connectivity index (χ1n) is 6.38. The summed E-state index contributed by atoms with van der Waals surface area (Å²) in [6, 6.07) is 3.47. The molecule has 1 unspecified atom stereocenters. The topological polar surface area (TPSA) is 68.7 Å². The van der Waals surface area contributed by atoms with Crippen LogP contribution in [0.15, 0.2) is 18.3 Å². The number of carbonyl (C=O) groups is 1. The van der Waals surface area contributed by atoms with Crippen LogP contribution in [0.3, 0.4) is 0 Å². The Kier molecular flexibility index (Phi) is 4.34. The van der Waals surface area contributed by atoms with Crippen molar-refractivity contribution in [3.8, 4) is 0 Å². The standard InChI is InChI=1S/C13H20N4O2/c1-16-5-6-17(2)11(9-16)8-15-12-7-10(13(18)19)3-4-14-12/h3-4,7,11H,5-6,8-9H2,1-2H3,(H,14,15)(H,18,19). The van der Waals surface area contributed by atoms with Crippen LogP contribution in [0.5, 0.6) is 0 Å². The van der Waals surface area contributed by atoms with Crippen molar-refractivity contribution in [1.29, 1.82) is 0 Å². The Labute approximate surface area is 113 Å². The fourth-order valence-electron chi connectivity index (χ4n) is 2.20. The maximum absolute atomic E-state index is 10.9. The second-order valence-corrected chi connectivity index (χ2v) is 5.01. The predicted octanol–water partition coefficient (Wildman–Crippen LogP) is 0.438. The van der Waals surface area contributed by atoms with Gasteiger partial charge in [0.25, 0.3) is 0 Å². The van der Waals surface area contributed by atoms with Crippen LogP contribution >= 0.6 is 0 Å². The van der Waals surface area contributed by atoms with E-state index in [1.54, 1.807) is 6.07 Å². The smallest absolute Gasteiger partial charge is 0.335 e. The number of nitrogens with one attached hydrogen (secondary N) is 1. The third kappa shape index (κ3) is 3.65. The lowest BCUT2D eigenvalue weighted by Crippen LogP contribution is -2.52. The quantitative estimate of drug-likeness (QED) is 0.822. The number of carboxylic acids is 1. The number of carboxylic acid groups (broad SMARTS) is 1. The normalized spacial score (nSPS) is 21.3. The van der Waals surface area contributed by atoms with Crippen molar-refractivity contribution >= 4 is 11.8 Å². The van der Waals surface area contributed by atoms with Gasteiger partial charge in [0.2, 0.25) is 0 Å². The molecule has 1 aliphatic heterocycles. The molecule has 2 N–H and O–H groups in total. The largest absolute Gasteiger partial charge is 0.478 e. The first-order valence-corrected chi connectivity index (χ1v) is 6.38. The van der Waals surface area contributed by atoms with Gasteiger partial charge in [0.1, 0.15) is 5.82 Å². The van der Waals surface area contributed by atoms with Gasteiger partial charge in [-0.2, -0.15) is 0 Å². The van der Waals surface area contributed by atoms with E-state index in [4.69, 9.17) is 5.11 Å². The van der Waals surface area contributed by atoms with Crippen LogP contribution in [0.1, 0.15) is 10.4 Å². The molecule has 6 heteroatoms. The van der Waals surface area contributed by atoms with Crippen molar-refractivity contribution in [2.45, 2.75) is 6.04 Å². The molecule has 0 bridgehead atoms. The van der Waals surface area contributed by atoms with Gasteiger partial charge in [-0.15, -0.1) is 0 Å². The van der Waals surface area contributed by atoms with E-state index in [1.165, 1.54) is 12.3 Å². The van der Waals surface area contributed by atoms with E-state index in [1.807, 2.05) is 0 Å². The Morgan fingerprint density at radius 2 is 2.32 bits per heavy atom. The third-order valence-electron chi connectivity index (χ3n) is 3.51. The molecule has 2 rings (SSSR count). The number of likely N-dealkylation sites (N-methyl/N-ethyl adjacent to an activating group) is 2. The van der Waals surface area contributed by atoms with Gasteiger partial charge in [0.15, 0.2) is 0 Å². The summed E-state index contributed by atoms with van der Waals surface area (Å²) in [6.07, 6.45) is 1.52. The van der Waals surface area contributed by atoms with Crippen LogP contribution in [-0.4, -0.2) is 72.2 Å². The molecule has 0 aliphatic carbocycles. The highest BCUT2D eigenvalue weighted by molar-refractivity contribution is 5.88. The second-order valence-electron chi connectivity index (χ2n) is 5.01. The number of aromatic nitrogens is 1. The maximum Gasteiger partial charge on any atom is 0.335 e. The van der Waals surface area contributed by atoms with Gasteiger partial charge in [0.05, 0.1) is 5.56 Å². The Balaban J connectivity index is 1.94. The average Bonchev–Trinajstić information content (AvgIpc) is 2.40. The SMILES string of the molecule is CN1CCN(C)C(CNc2cc(C(=O)O)ccn2)C1. The molecule has 1 aliphatic rings. The molecule has 1 aromatic heterocycles. The van der Waals surface area contributed by atoms with Gasteiger partial charge >= 0.3 is 5.97 Å². The highest BCUT2D eigenvalue weighted by atomic mass is 16.4. The molecule has 19 heavy (non-hydrogen) atoms. The van der Waals surface area contributed by atoms with E-state index >= 15 is 0 Å². The van der Waals surface area contributed by atoms with Crippen molar-refractivity contribution in [3.05, 3.63) is 23.9 Å². The van der Waals surface area contributed by atoms with Gasteiger partial charge in [-0.1, -0.05) is 0 Å². The fraction of sp³-hybridized carbons (Fsp3) is 0.538.